The molecule has 0 radical (unpaired) electrons. The maximum atomic E-state index is 16.0. The largest absolute Gasteiger partial charge is 0.480 e. The van der Waals surface area contributed by atoms with Crippen LogP contribution in [0.5, 0.6) is 0 Å². The summed E-state index contributed by atoms with van der Waals surface area (Å²) in [4.78, 5) is 50.2. The maximum absolute atomic E-state index is 16.0. The number of phosphoric acid groups is 1. The van der Waals surface area contributed by atoms with E-state index in [2.05, 4.69) is 0 Å². The molecule has 236 valence electrons. The molecule has 0 unspecified atom stereocenters. The number of nitrogens with one attached hydrogen (secondary N) is 1. The van der Waals surface area contributed by atoms with Crippen molar-refractivity contribution in [2.45, 2.75) is 65.3 Å². The summed E-state index contributed by atoms with van der Waals surface area (Å²) in [6.45, 7) is 4.11. The number of nitrogens with zero attached hydrogens (tertiary/aromatic N) is 1. The number of aromatic nitrogens is 2. The van der Waals surface area contributed by atoms with Gasteiger partial charge in [0.05, 0.1) is 17.4 Å². The lowest BCUT2D eigenvalue weighted by Gasteiger charge is -2.32. The second-order valence-electron chi connectivity index (χ2n) is 11.2. The van der Waals surface area contributed by atoms with Crippen LogP contribution in [0.25, 0.3) is 0 Å². The molecule has 0 aromatic carbocycles. The third-order valence-electron chi connectivity index (χ3n) is 5.73. The number of aromatic amines is 1. The number of halogens is 1. The Hall–Kier alpha value is -2.94. The lowest BCUT2D eigenvalue weighted by atomic mass is 9.98. The molecule has 0 amide bonds. The Labute approximate surface area is 239 Å². The third-order valence-corrected chi connectivity index (χ3v) is 7.02. The molecule has 1 aromatic heterocycles. The van der Waals surface area contributed by atoms with E-state index in [1.165, 1.54) is 41.5 Å². The van der Waals surface area contributed by atoms with Gasteiger partial charge in [0.25, 0.3) is 11.4 Å². The zero-order valence-electron chi connectivity index (χ0n) is 23.7. The number of ether oxygens (including phenoxy) is 3. The molecule has 18 heteroatoms. The molecular formula is C24H34FN2O14P. The monoisotopic (exact) mass is 624 g/mol. The molecule has 1 saturated heterocycles. The third kappa shape index (κ3) is 7.71. The van der Waals surface area contributed by atoms with Crippen molar-refractivity contribution in [1.29, 1.82) is 0 Å². The molecule has 0 saturated carbocycles. The second-order valence-corrected chi connectivity index (χ2v) is 12.8. The molecular weight excluding hydrogens is 590 g/mol. The Morgan fingerprint density at radius 2 is 1.57 bits per heavy atom. The summed E-state index contributed by atoms with van der Waals surface area (Å²) in [6, 6.07) is 0. The molecule has 0 aliphatic carbocycles. The number of carbonyl (C=O) groups is 2. The molecule has 2 heterocycles. The second kappa shape index (κ2) is 12.7. The fourth-order valence-corrected chi connectivity index (χ4v) is 4.18. The summed E-state index contributed by atoms with van der Waals surface area (Å²) in [5.74, 6) is -3.17. The normalized spacial score (nSPS) is 24.7. The van der Waals surface area contributed by atoms with Gasteiger partial charge in [0.15, 0.2) is 0 Å². The van der Waals surface area contributed by atoms with Crippen molar-refractivity contribution in [3.05, 3.63) is 32.6 Å². The number of aliphatic hydroxyl groups excluding tert-OH is 3. The van der Waals surface area contributed by atoms with Gasteiger partial charge in [-0.1, -0.05) is 5.92 Å². The van der Waals surface area contributed by atoms with E-state index in [0.717, 1.165) is 0 Å². The Balaban J connectivity index is 2.33. The summed E-state index contributed by atoms with van der Waals surface area (Å²) in [5.41, 5.74) is -7.54. The van der Waals surface area contributed by atoms with E-state index in [9.17, 15) is 39.1 Å². The first-order valence-electron chi connectivity index (χ1n) is 12.2. The zero-order valence-corrected chi connectivity index (χ0v) is 24.6. The first kappa shape index (κ1) is 35.3. The molecule has 1 aliphatic rings. The van der Waals surface area contributed by atoms with Crippen molar-refractivity contribution in [3.63, 3.8) is 0 Å². The number of H-pyrrole nitrogens is 1. The lowest BCUT2D eigenvalue weighted by molar-refractivity contribution is -0.255. The van der Waals surface area contributed by atoms with Crippen LogP contribution >= 0.6 is 7.82 Å². The first-order valence-corrected chi connectivity index (χ1v) is 13.7. The minimum Gasteiger partial charge on any atom is -0.437 e. The Morgan fingerprint density at radius 3 is 2.00 bits per heavy atom. The standard InChI is InChI=1S/C24H34FN2O14P/c1-8-14-9-27(20(34)26-17(14)31)24(10-28)16(30)15(29)23(25,41-24)11-38-42(35,39-12-36-18(32)21(2,3)4)40-13-37-19(33)22(5,6)7/h1,9,15-16,28-30H,10-13H2,2-7H3,(H,26,31,34)/t15-,16+,23+,24+/m0/s1. The molecule has 1 fully saturated rings. The van der Waals surface area contributed by atoms with Crippen LogP contribution in [-0.4, -0.2) is 81.7 Å². The lowest BCUT2D eigenvalue weighted by Crippen LogP contribution is -2.54. The van der Waals surface area contributed by atoms with Gasteiger partial charge in [0.2, 0.25) is 19.3 Å². The number of esters is 2. The van der Waals surface area contributed by atoms with Crippen LogP contribution < -0.4 is 11.2 Å². The highest BCUT2D eigenvalue weighted by Gasteiger charge is 2.65. The number of phosphoric ester groups is 1. The van der Waals surface area contributed by atoms with E-state index < -0.39 is 98.0 Å². The van der Waals surface area contributed by atoms with Crippen LogP contribution in [0.15, 0.2) is 15.8 Å². The highest BCUT2D eigenvalue weighted by molar-refractivity contribution is 7.48. The minimum absolute atomic E-state index is 0.364. The molecule has 16 nitrogen and oxygen atoms in total. The van der Waals surface area contributed by atoms with Gasteiger partial charge in [-0.3, -0.25) is 28.5 Å². The van der Waals surface area contributed by atoms with E-state index in [1.807, 2.05) is 5.92 Å². The van der Waals surface area contributed by atoms with Crippen LogP contribution in [-0.2, 0) is 47.7 Å². The Morgan fingerprint density at radius 1 is 1.07 bits per heavy atom. The van der Waals surface area contributed by atoms with Crippen LogP contribution in [0.1, 0.15) is 47.1 Å². The number of terminal acetylenes is 1. The molecule has 4 N–H and O–H groups in total. The van der Waals surface area contributed by atoms with Crippen LogP contribution in [0.2, 0.25) is 0 Å². The molecule has 0 bridgehead atoms. The number of aliphatic hydroxyl groups is 3. The average molecular weight is 625 g/mol. The molecule has 0 spiro atoms. The van der Waals surface area contributed by atoms with Gasteiger partial charge < -0.3 is 29.5 Å². The fourth-order valence-electron chi connectivity index (χ4n) is 3.26. The molecule has 2 rings (SSSR count). The summed E-state index contributed by atoms with van der Waals surface area (Å²) in [6.07, 6.45) is 0.921. The van der Waals surface area contributed by atoms with Crippen molar-refractivity contribution in [2.24, 2.45) is 10.8 Å². The van der Waals surface area contributed by atoms with Crippen LogP contribution in [0, 0.1) is 23.2 Å². The SMILES string of the molecule is C#Cc1cn([C@]2(CO)O[C@](F)(COP(=O)(OCOC(=O)C(C)(C)C)OCOC(=O)C(C)(C)C)[C@@H](O)[C@H]2O)c(=O)[nH]c1=O. The maximum Gasteiger partial charge on any atom is 0.480 e. The highest BCUT2D eigenvalue weighted by Crippen LogP contribution is 2.52. The zero-order chi connectivity index (χ0) is 32.3. The van der Waals surface area contributed by atoms with Gasteiger partial charge in [0, 0.05) is 6.20 Å². The number of carbonyl (C=O) groups excluding carboxylic acids is 2. The predicted octanol–water partition coefficient (Wildman–Crippen LogP) is -0.168. The van der Waals surface area contributed by atoms with Gasteiger partial charge in [-0.15, -0.1) is 6.42 Å². The van der Waals surface area contributed by atoms with E-state index in [4.69, 9.17) is 34.2 Å². The Bertz CT molecular complexity index is 1340. The van der Waals surface area contributed by atoms with E-state index in [1.54, 1.807) is 4.98 Å². The summed E-state index contributed by atoms with van der Waals surface area (Å²) in [5, 5.41) is 31.2. The quantitative estimate of drug-likeness (QED) is 0.109. The Kier molecular flexibility index (Phi) is 10.7. The average Bonchev–Trinajstić information content (AvgIpc) is 3.08. The number of alkyl halides is 1. The van der Waals surface area contributed by atoms with Crippen LogP contribution in [0.3, 0.4) is 0 Å². The van der Waals surface area contributed by atoms with Gasteiger partial charge in [0.1, 0.15) is 24.4 Å². The molecule has 1 aromatic rings. The number of hydrogen-bond acceptors (Lipinski definition) is 14. The molecule has 4 atom stereocenters. The van der Waals surface area contributed by atoms with Gasteiger partial charge in [-0.05, 0) is 41.5 Å². The van der Waals surface area contributed by atoms with Gasteiger partial charge >= 0.3 is 25.5 Å². The first-order chi connectivity index (χ1) is 19.2. The van der Waals surface area contributed by atoms with Crippen molar-refractivity contribution < 1.29 is 61.6 Å². The summed E-state index contributed by atoms with van der Waals surface area (Å²) < 4.78 is 59.1. The van der Waals surface area contributed by atoms with E-state index >= 15 is 4.39 Å². The van der Waals surface area contributed by atoms with Crippen molar-refractivity contribution in [1.82, 2.24) is 9.55 Å². The summed E-state index contributed by atoms with van der Waals surface area (Å²) >= 11 is 0. The van der Waals surface area contributed by atoms with Crippen molar-refractivity contribution in [3.8, 4) is 12.3 Å². The van der Waals surface area contributed by atoms with E-state index in [-0.39, 0.29) is 0 Å². The summed E-state index contributed by atoms with van der Waals surface area (Å²) in [7, 11) is -5.00. The van der Waals surface area contributed by atoms with Crippen molar-refractivity contribution in [2.75, 3.05) is 26.8 Å². The van der Waals surface area contributed by atoms with Gasteiger partial charge in [-0.2, -0.15) is 0 Å². The van der Waals surface area contributed by atoms with Crippen molar-refractivity contribution >= 4 is 19.8 Å². The minimum atomic E-state index is -5.00. The topological polar surface area (TPSA) is 222 Å². The van der Waals surface area contributed by atoms with E-state index in [0.29, 0.717) is 10.8 Å². The smallest absolute Gasteiger partial charge is 0.437 e. The predicted molar refractivity (Wildman–Crippen MR) is 138 cm³/mol. The molecule has 1 aliphatic heterocycles. The van der Waals surface area contributed by atoms with Crippen LogP contribution in [0.4, 0.5) is 4.39 Å². The number of hydrogen-bond donors (Lipinski definition) is 4. The highest BCUT2D eigenvalue weighted by atomic mass is 31.2. The fraction of sp³-hybridized carbons (Fsp3) is 0.667. The molecule has 42 heavy (non-hydrogen) atoms. The number of rotatable bonds is 11. The van der Waals surface area contributed by atoms with Gasteiger partial charge in [-0.25, -0.2) is 22.8 Å².